The van der Waals surface area contributed by atoms with Crippen LogP contribution in [0.4, 0.5) is 0 Å². The molecule has 5 nitrogen and oxygen atoms in total. The minimum Gasteiger partial charge on any atom is -0.455 e. The fourth-order valence-corrected chi connectivity index (χ4v) is 7.95. The highest BCUT2D eigenvalue weighted by atomic mass is 16.3. The number of para-hydroxylation sites is 3. The van der Waals surface area contributed by atoms with E-state index in [4.69, 9.17) is 19.4 Å². The van der Waals surface area contributed by atoms with E-state index >= 15 is 0 Å². The van der Waals surface area contributed by atoms with Crippen molar-refractivity contribution in [2.24, 2.45) is 0 Å². The maximum atomic E-state index is 6.69. The molecule has 0 spiro atoms. The van der Waals surface area contributed by atoms with Gasteiger partial charge in [0, 0.05) is 38.4 Å². The molecule has 11 aromatic rings. The summed E-state index contributed by atoms with van der Waals surface area (Å²) < 4.78 is 9.04. The summed E-state index contributed by atoms with van der Waals surface area (Å²) >= 11 is 0. The molecule has 0 N–H and O–H groups in total. The van der Waals surface area contributed by atoms with Crippen LogP contribution >= 0.6 is 0 Å². The van der Waals surface area contributed by atoms with Crippen molar-refractivity contribution in [1.82, 2.24) is 19.5 Å². The van der Waals surface area contributed by atoms with Gasteiger partial charge in [-0.1, -0.05) is 146 Å². The Kier molecular flexibility index (Phi) is 7.42. The van der Waals surface area contributed by atoms with E-state index in [0.29, 0.717) is 17.5 Å². The molecule has 0 aliphatic heterocycles. The van der Waals surface area contributed by atoms with Crippen LogP contribution in [0.1, 0.15) is 0 Å². The predicted octanol–water partition coefficient (Wildman–Crippen LogP) is 13.2. The van der Waals surface area contributed by atoms with Crippen LogP contribution in [0.25, 0.3) is 106 Å². The van der Waals surface area contributed by atoms with Crippen LogP contribution in [-0.2, 0) is 0 Å². The fraction of sp³-hybridized carbons (Fsp3) is 0. The molecule has 11 rings (SSSR count). The van der Waals surface area contributed by atoms with Crippen LogP contribution in [-0.4, -0.2) is 19.5 Å². The van der Waals surface area contributed by atoms with Gasteiger partial charge in [0.25, 0.3) is 0 Å². The first-order valence-corrected chi connectivity index (χ1v) is 18.8. The first-order valence-electron chi connectivity index (χ1n) is 18.8. The van der Waals surface area contributed by atoms with Gasteiger partial charge in [0.15, 0.2) is 17.5 Å². The Morgan fingerprint density at radius 1 is 0.339 bits per heavy atom. The molecule has 8 aromatic carbocycles. The van der Waals surface area contributed by atoms with E-state index in [9.17, 15) is 0 Å². The second kappa shape index (κ2) is 13.0. The summed E-state index contributed by atoms with van der Waals surface area (Å²) in [7, 11) is 0. The van der Waals surface area contributed by atoms with Crippen LogP contribution in [0.5, 0.6) is 0 Å². The van der Waals surface area contributed by atoms with Gasteiger partial charge >= 0.3 is 0 Å². The molecule has 262 valence electrons. The number of fused-ring (bicyclic) bond motifs is 6. The quantitative estimate of drug-likeness (QED) is 0.172. The Bertz CT molecular complexity index is 3160. The third kappa shape index (κ3) is 5.37. The Hall–Kier alpha value is -7.63. The molecule has 0 saturated heterocycles. The molecule has 0 radical (unpaired) electrons. The summed E-state index contributed by atoms with van der Waals surface area (Å²) in [4.78, 5) is 14.8. The van der Waals surface area contributed by atoms with Gasteiger partial charge in [-0.2, -0.15) is 0 Å². The molecule has 0 aliphatic carbocycles. The monoisotopic (exact) mass is 716 g/mol. The third-order valence-corrected chi connectivity index (χ3v) is 10.7. The normalized spacial score (nSPS) is 11.6. The van der Waals surface area contributed by atoms with Crippen LogP contribution < -0.4 is 0 Å². The highest BCUT2D eigenvalue weighted by Crippen LogP contribution is 2.39. The van der Waals surface area contributed by atoms with E-state index in [-0.39, 0.29) is 0 Å². The van der Waals surface area contributed by atoms with E-state index < -0.39 is 0 Å². The minimum absolute atomic E-state index is 0.570. The minimum atomic E-state index is 0.570. The van der Waals surface area contributed by atoms with Crippen molar-refractivity contribution in [2.75, 3.05) is 0 Å². The SMILES string of the molecule is c1ccc(-c2nc(-c3ccccc3)nc(-c3cccc4c3oc3cc(-c5ccc(-c6ccc7c(c6)c6ccccc6n7-c6ccccc6)cc5)ccc34)n2)cc1. The average Bonchev–Trinajstić information content (AvgIpc) is 3.82. The second-order valence-electron chi connectivity index (χ2n) is 14.0. The highest BCUT2D eigenvalue weighted by molar-refractivity contribution is 6.11. The molecule has 0 fully saturated rings. The second-order valence-corrected chi connectivity index (χ2v) is 14.0. The number of aromatic nitrogens is 4. The summed E-state index contributed by atoms with van der Waals surface area (Å²) in [5.74, 6) is 1.81. The molecule has 0 bridgehead atoms. The highest BCUT2D eigenvalue weighted by Gasteiger charge is 2.18. The smallest absolute Gasteiger partial charge is 0.167 e. The summed E-state index contributed by atoms with van der Waals surface area (Å²) in [6.07, 6.45) is 0. The molecule has 3 aromatic heterocycles. The predicted molar refractivity (Wildman–Crippen MR) is 229 cm³/mol. The maximum Gasteiger partial charge on any atom is 0.167 e. The van der Waals surface area contributed by atoms with E-state index in [1.807, 2.05) is 72.8 Å². The van der Waals surface area contributed by atoms with Crippen molar-refractivity contribution in [2.45, 2.75) is 0 Å². The lowest BCUT2D eigenvalue weighted by Gasteiger charge is -2.08. The van der Waals surface area contributed by atoms with E-state index in [1.165, 1.54) is 32.9 Å². The zero-order valence-corrected chi connectivity index (χ0v) is 30.2. The first-order chi connectivity index (χ1) is 27.7. The van der Waals surface area contributed by atoms with Crippen LogP contribution in [0, 0.1) is 0 Å². The number of hydrogen-bond acceptors (Lipinski definition) is 4. The van der Waals surface area contributed by atoms with Gasteiger partial charge in [0.1, 0.15) is 11.2 Å². The Morgan fingerprint density at radius 2 is 0.875 bits per heavy atom. The molecule has 3 heterocycles. The van der Waals surface area contributed by atoms with Crippen LogP contribution in [0.3, 0.4) is 0 Å². The van der Waals surface area contributed by atoms with Gasteiger partial charge in [-0.15, -0.1) is 0 Å². The zero-order valence-electron chi connectivity index (χ0n) is 30.2. The van der Waals surface area contributed by atoms with Crippen LogP contribution in [0.15, 0.2) is 199 Å². The summed E-state index contributed by atoms with van der Waals surface area (Å²) in [6, 6.07) is 67.6. The zero-order chi connectivity index (χ0) is 37.0. The largest absolute Gasteiger partial charge is 0.455 e. The lowest BCUT2D eigenvalue weighted by molar-refractivity contribution is 0.669. The number of hydrogen-bond donors (Lipinski definition) is 0. The van der Waals surface area contributed by atoms with Crippen molar-refractivity contribution in [1.29, 1.82) is 0 Å². The number of rotatable bonds is 6. The Balaban J connectivity index is 0.962. The molecular weight excluding hydrogens is 685 g/mol. The van der Waals surface area contributed by atoms with Crippen molar-refractivity contribution in [3.8, 4) is 62.1 Å². The molecule has 0 aliphatic rings. The van der Waals surface area contributed by atoms with E-state index in [1.54, 1.807) is 0 Å². The van der Waals surface area contributed by atoms with Gasteiger partial charge in [0.2, 0.25) is 0 Å². The van der Waals surface area contributed by atoms with E-state index in [0.717, 1.165) is 55.4 Å². The number of nitrogens with zero attached hydrogens (tertiary/aromatic N) is 4. The molecule has 0 amide bonds. The molecular formula is C51H32N4O. The van der Waals surface area contributed by atoms with Gasteiger partial charge < -0.3 is 8.98 Å². The van der Waals surface area contributed by atoms with Crippen molar-refractivity contribution < 1.29 is 4.42 Å². The molecule has 0 saturated carbocycles. The standard InChI is InChI=1S/C51H32N4O/c1-4-13-35(14-5-1)49-52-50(36-15-6-2-7-16-36)54-51(53-49)43-21-12-20-42-41-29-27-38(32-47(41)56-48(42)43)34-25-23-33(24-26-34)37-28-30-46-44(31-37)40-19-10-11-22-45(40)55(46)39-17-8-3-9-18-39/h1-32H. The van der Waals surface area contributed by atoms with Crippen molar-refractivity contribution >= 4 is 43.7 Å². The van der Waals surface area contributed by atoms with Crippen molar-refractivity contribution in [3.63, 3.8) is 0 Å². The summed E-state index contributed by atoms with van der Waals surface area (Å²) in [6.45, 7) is 0. The molecule has 0 unspecified atom stereocenters. The Morgan fingerprint density at radius 3 is 1.57 bits per heavy atom. The molecule has 5 heteroatoms. The Labute approximate surface area is 322 Å². The van der Waals surface area contributed by atoms with Crippen LogP contribution in [0.2, 0.25) is 0 Å². The van der Waals surface area contributed by atoms with E-state index in [2.05, 4.69) is 126 Å². The van der Waals surface area contributed by atoms with Gasteiger partial charge in [-0.05, 0) is 70.8 Å². The van der Waals surface area contributed by atoms with Gasteiger partial charge in [0.05, 0.1) is 16.6 Å². The maximum absolute atomic E-state index is 6.69. The van der Waals surface area contributed by atoms with Crippen molar-refractivity contribution in [3.05, 3.63) is 194 Å². The average molecular weight is 717 g/mol. The third-order valence-electron chi connectivity index (χ3n) is 10.7. The number of furan rings is 1. The lowest BCUT2D eigenvalue weighted by atomic mass is 9.98. The van der Waals surface area contributed by atoms with Gasteiger partial charge in [-0.3, -0.25) is 0 Å². The molecule has 0 atom stereocenters. The van der Waals surface area contributed by atoms with Gasteiger partial charge in [-0.25, -0.2) is 15.0 Å². The topological polar surface area (TPSA) is 56.7 Å². The number of benzene rings is 8. The fourth-order valence-electron chi connectivity index (χ4n) is 7.95. The summed E-state index contributed by atoms with van der Waals surface area (Å²) in [5.41, 5.74) is 12.4. The summed E-state index contributed by atoms with van der Waals surface area (Å²) in [5, 5.41) is 4.55. The lowest BCUT2D eigenvalue weighted by Crippen LogP contribution is -2.00. The first kappa shape index (κ1) is 31.9. The molecule has 56 heavy (non-hydrogen) atoms.